The van der Waals surface area contributed by atoms with Crippen molar-refractivity contribution in [3.05, 3.63) is 46.8 Å². The molecule has 1 aromatic heterocycles. The molecule has 2 fully saturated rings. The van der Waals surface area contributed by atoms with Crippen LogP contribution in [0.2, 0.25) is 0 Å². The van der Waals surface area contributed by atoms with Gasteiger partial charge in [0.2, 0.25) is 10.0 Å². The number of amides is 1. The van der Waals surface area contributed by atoms with E-state index < -0.39 is 10.0 Å². The molecule has 2 aliphatic rings. The van der Waals surface area contributed by atoms with Gasteiger partial charge in [0.25, 0.3) is 5.91 Å². The van der Waals surface area contributed by atoms with Crippen LogP contribution in [0.4, 0.5) is 0 Å². The Labute approximate surface area is 190 Å². The van der Waals surface area contributed by atoms with Gasteiger partial charge in [-0.2, -0.15) is 9.40 Å². The van der Waals surface area contributed by atoms with E-state index in [0.717, 1.165) is 44.3 Å². The minimum Gasteiger partial charge on any atom is -0.376 e. The number of hydrogen-bond acceptors (Lipinski definition) is 5. The molecular weight excluding hydrogens is 428 g/mol. The smallest absolute Gasteiger partial charge is 0.251 e. The Morgan fingerprint density at radius 3 is 2.50 bits per heavy atom. The fourth-order valence-electron chi connectivity index (χ4n) is 4.49. The van der Waals surface area contributed by atoms with E-state index in [4.69, 9.17) is 4.74 Å². The number of nitrogens with zero attached hydrogens (tertiary/aromatic N) is 3. The predicted molar refractivity (Wildman–Crippen MR) is 121 cm³/mol. The van der Waals surface area contributed by atoms with Gasteiger partial charge in [-0.3, -0.25) is 9.48 Å². The zero-order chi connectivity index (χ0) is 22.7. The zero-order valence-electron chi connectivity index (χ0n) is 18.8. The van der Waals surface area contributed by atoms with Crippen molar-refractivity contribution in [2.75, 3.05) is 26.2 Å². The van der Waals surface area contributed by atoms with Crippen molar-refractivity contribution in [3.8, 4) is 0 Å². The summed E-state index contributed by atoms with van der Waals surface area (Å²) in [7, 11) is -3.54. The highest BCUT2D eigenvalue weighted by atomic mass is 32.2. The van der Waals surface area contributed by atoms with Crippen LogP contribution in [-0.4, -0.2) is 60.8 Å². The van der Waals surface area contributed by atoms with Gasteiger partial charge in [-0.05, 0) is 57.2 Å². The van der Waals surface area contributed by atoms with E-state index in [1.54, 1.807) is 28.0 Å². The van der Waals surface area contributed by atoms with Crippen LogP contribution in [0.3, 0.4) is 0 Å². The van der Waals surface area contributed by atoms with Crippen molar-refractivity contribution < 1.29 is 17.9 Å². The Bertz CT molecular complexity index is 1050. The summed E-state index contributed by atoms with van der Waals surface area (Å²) in [6.07, 6.45) is 5.02. The quantitative estimate of drug-likeness (QED) is 0.686. The van der Waals surface area contributed by atoms with Crippen LogP contribution >= 0.6 is 0 Å². The van der Waals surface area contributed by atoms with E-state index in [-0.39, 0.29) is 12.0 Å². The molecule has 0 spiro atoms. The van der Waals surface area contributed by atoms with Crippen molar-refractivity contribution in [2.45, 2.75) is 63.5 Å². The first-order valence-corrected chi connectivity index (χ1v) is 12.8. The van der Waals surface area contributed by atoms with E-state index in [9.17, 15) is 13.2 Å². The average molecular weight is 461 g/mol. The number of nitrogens with one attached hydrogen (secondary N) is 1. The van der Waals surface area contributed by atoms with E-state index in [0.29, 0.717) is 48.0 Å². The first-order valence-electron chi connectivity index (χ1n) is 11.4. The lowest BCUT2D eigenvalue weighted by Crippen LogP contribution is -2.36. The number of carbonyl (C=O) groups excluding carboxylic acids is 1. The number of piperidine rings is 1. The number of hydrogen-bond donors (Lipinski definition) is 1. The summed E-state index contributed by atoms with van der Waals surface area (Å²) in [4.78, 5) is 12.7. The maximum Gasteiger partial charge on any atom is 0.251 e. The van der Waals surface area contributed by atoms with Crippen LogP contribution in [0.5, 0.6) is 0 Å². The summed E-state index contributed by atoms with van der Waals surface area (Å²) in [5, 5.41) is 7.44. The Morgan fingerprint density at radius 2 is 1.84 bits per heavy atom. The van der Waals surface area contributed by atoms with Gasteiger partial charge in [0.15, 0.2) is 0 Å². The Hall–Kier alpha value is -2.23. The van der Waals surface area contributed by atoms with Crippen LogP contribution in [0.25, 0.3) is 0 Å². The molecule has 2 aromatic rings. The first kappa shape index (κ1) is 22.9. The van der Waals surface area contributed by atoms with Gasteiger partial charge in [-0.15, -0.1) is 0 Å². The molecular formula is C23H32N4O4S. The molecule has 8 nitrogen and oxygen atoms in total. The van der Waals surface area contributed by atoms with Crippen LogP contribution in [0.15, 0.2) is 29.2 Å². The molecule has 0 saturated carbocycles. The van der Waals surface area contributed by atoms with Gasteiger partial charge in [0, 0.05) is 31.8 Å². The molecule has 0 bridgehead atoms. The normalized spacial score (nSPS) is 19.9. The molecule has 174 valence electrons. The SMILES string of the molecule is Cc1nn(Cc2ccc(C(=O)NC[C@H]3CCCO3)cc2)c(C)c1S(=O)(=O)N1CCCCC1. The van der Waals surface area contributed by atoms with Crippen LogP contribution in [0.1, 0.15) is 59.4 Å². The maximum atomic E-state index is 13.2. The minimum atomic E-state index is -3.54. The van der Waals surface area contributed by atoms with Crippen LogP contribution < -0.4 is 5.32 Å². The fraction of sp³-hybridized carbons (Fsp3) is 0.565. The molecule has 9 heteroatoms. The summed E-state index contributed by atoms with van der Waals surface area (Å²) in [5.41, 5.74) is 2.71. The number of aromatic nitrogens is 2. The lowest BCUT2D eigenvalue weighted by atomic mass is 10.1. The number of sulfonamides is 1. The molecule has 1 N–H and O–H groups in total. The van der Waals surface area contributed by atoms with Gasteiger partial charge < -0.3 is 10.1 Å². The van der Waals surface area contributed by atoms with E-state index in [1.165, 1.54) is 0 Å². The molecule has 0 aliphatic carbocycles. The lowest BCUT2D eigenvalue weighted by molar-refractivity contribution is 0.0858. The predicted octanol–water partition coefficient (Wildman–Crippen LogP) is 2.63. The van der Waals surface area contributed by atoms with Crippen molar-refractivity contribution >= 4 is 15.9 Å². The van der Waals surface area contributed by atoms with Crippen molar-refractivity contribution in [3.63, 3.8) is 0 Å². The molecule has 3 heterocycles. The standard InChI is InChI=1S/C23H32N4O4S/c1-17-22(32(29,30)26-12-4-3-5-13-26)18(2)27(25-17)16-19-8-10-20(11-9-19)23(28)24-15-21-7-6-14-31-21/h8-11,21H,3-7,12-16H2,1-2H3,(H,24,28)/t21-/m1/s1. The molecule has 1 amide bonds. The van der Waals surface area contributed by atoms with Gasteiger partial charge >= 0.3 is 0 Å². The molecule has 1 atom stereocenters. The topological polar surface area (TPSA) is 93.5 Å². The highest BCUT2D eigenvalue weighted by Crippen LogP contribution is 2.26. The largest absolute Gasteiger partial charge is 0.376 e. The van der Waals surface area contributed by atoms with E-state index in [1.807, 2.05) is 19.1 Å². The Balaban J connectivity index is 1.44. The maximum absolute atomic E-state index is 13.2. The molecule has 4 rings (SSSR count). The van der Waals surface area contributed by atoms with Crippen LogP contribution in [0, 0.1) is 13.8 Å². The third-order valence-electron chi connectivity index (χ3n) is 6.29. The van der Waals surface area contributed by atoms with E-state index >= 15 is 0 Å². The number of aryl methyl sites for hydroxylation is 1. The summed E-state index contributed by atoms with van der Waals surface area (Å²) >= 11 is 0. The number of rotatable bonds is 7. The third kappa shape index (κ3) is 4.89. The summed E-state index contributed by atoms with van der Waals surface area (Å²) in [6.45, 7) is 6.44. The average Bonchev–Trinajstić information content (AvgIpc) is 3.41. The van der Waals surface area contributed by atoms with Gasteiger partial charge in [-0.25, -0.2) is 8.42 Å². The van der Waals surface area contributed by atoms with Gasteiger partial charge in [0.1, 0.15) is 4.90 Å². The highest BCUT2D eigenvalue weighted by Gasteiger charge is 2.31. The monoisotopic (exact) mass is 460 g/mol. The number of ether oxygens (including phenoxy) is 1. The second-order valence-electron chi connectivity index (χ2n) is 8.66. The summed E-state index contributed by atoms with van der Waals surface area (Å²) in [6, 6.07) is 7.35. The Morgan fingerprint density at radius 1 is 1.12 bits per heavy atom. The molecule has 1 aromatic carbocycles. The molecule has 0 unspecified atom stereocenters. The number of carbonyl (C=O) groups is 1. The molecule has 2 aliphatic heterocycles. The van der Waals surface area contributed by atoms with Gasteiger partial charge in [0.05, 0.1) is 24.0 Å². The Kier molecular flexibility index (Phi) is 6.97. The molecule has 2 saturated heterocycles. The highest BCUT2D eigenvalue weighted by molar-refractivity contribution is 7.89. The first-order chi connectivity index (χ1) is 15.4. The van der Waals surface area contributed by atoms with E-state index in [2.05, 4.69) is 10.4 Å². The summed E-state index contributed by atoms with van der Waals surface area (Å²) < 4.78 is 35.2. The second-order valence-corrected chi connectivity index (χ2v) is 10.5. The molecule has 32 heavy (non-hydrogen) atoms. The summed E-state index contributed by atoms with van der Waals surface area (Å²) in [5.74, 6) is -0.118. The third-order valence-corrected chi connectivity index (χ3v) is 8.44. The minimum absolute atomic E-state index is 0.111. The fourth-order valence-corrected chi connectivity index (χ4v) is 6.38. The van der Waals surface area contributed by atoms with Gasteiger partial charge in [-0.1, -0.05) is 18.6 Å². The van der Waals surface area contributed by atoms with Crippen LogP contribution in [-0.2, 0) is 21.3 Å². The van der Waals surface area contributed by atoms with Crippen molar-refractivity contribution in [1.82, 2.24) is 19.4 Å². The van der Waals surface area contributed by atoms with Crippen molar-refractivity contribution in [1.29, 1.82) is 0 Å². The van der Waals surface area contributed by atoms with Crippen molar-refractivity contribution in [2.24, 2.45) is 0 Å². The molecule has 0 radical (unpaired) electrons. The second kappa shape index (κ2) is 9.72. The zero-order valence-corrected chi connectivity index (χ0v) is 19.7. The lowest BCUT2D eigenvalue weighted by Gasteiger charge is -2.26. The number of benzene rings is 1.